The lowest BCUT2D eigenvalue weighted by Gasteiger charge is -2.36. The number of hydrogen-bond donors (Lipinski definition) is 2. The number of carbonyl (C=O) groups excluding carboxylic acids is 3. The number of esters is 1. The van der Waals surface area contributed by atoms with Gasteiger partial charge in [0.1, 0.15) is 6.04 Å². The van der Waals surface area contributed by atoms with Crippen molar-refractivity contribution in [2.45, 2.75) is 70.8 Å². The Hall–Kier alpha value is -2.00. The Labute approximate surface area is 210 Å². The van der Waals surface area contributed by atoms with E-state index in [0.717, 1.165) is 19.3 Å². The molecule has 1 aliphatic rings. The van der Waals surface area contributed by atoms with Crippen LogP contribution >= 0.6 is 28.1 Å². The van der Waals surface area contributed by atoms with Crippen LogP contribution in [0.1, 0.15) is 75.1 Å². The van der Waals surface area contributed by atoms with Gasteiger partial charge in [0.2, 0.25) is 5.91 Å². The first-order chi connectivity index (χ1) is 15.9. The van der Waals surface area contributed by atoms with Crippen molar-refractivity contribution in [1.82, 2.24) is 15.5 Å². The van der Waals surface area contributed by atoms with Crippen LogP contribution in [-0.2, 0) is 14.3 Å². The molecule has 1 fully saturated rings. The van der Waals surface area contributed by atoms with Crippen molar-refractivity contribution in [2.75, 3.05) is 19.7 Å². The number of hydrogen-bond acceptors (Lipinski definition) is 5. The molecule has 1 heterocycles. The van der Waals surface area contributed by atoms with Crippen molar-refractivity contribution in [3.05, 3.63) is 34.3 Å². The van der Waals surface area contributed by atoms with Gasteiger partial charge in [0.25, 0.3) is 5.91 Å². The number of benzene rings is 1. The minimum atomic E-state index is -0.808. The van der Waals surface area contributed by atoms with Crippen LogP contribution in [0.3, 0.4) is 0 Å². The van der Waals surface area contributed by atoms with Crippen LogP contribution in [0.5, 0.6) is 0 Å². The molecule has 2 rings (SSSR count). The van der Waals surface area contributed by atoms with Crippen molar-refractivity contribution < 1.29 is 19.1 Å². The van der Waals surface area contributed by atoms with Gasteiger partial charge in [-0.2, -0.15) is 0 Å². The zero-order valence-electron chi connectivity index (χ0n) is 19.2. The first kappa shape index (κ1) is 27.2. The van der Waals surface area contributed by atoms with Crippen LogP contribution in [0.25, 0.3) is 0 Å². The molecule has 0 aromatic heterocycles. The first-order valence-electron chi connectivity index (χ1n) is 11.7. The summed E-state index contributed by atoms with van der Waals surface area (Å²) in [7, 11) is 0. The quantitative estimate of drug-likeness (QED) is 0.233. The largest absolute Gasteiger partial charge is 0.466 e. The molecule has 33 heavy (non-hydrogen) atoms. The van der Waals surface area contributed by atoms with Crippen LogP contribution in [0, 0.1) is 0 Å². The molecule has 0 radical (unpaired) electrons. The Kier molecular flexibility index (Phi) is 12.4. The lowest BCUT2D eigenvalue weighted by Crippen LogP contribution is -2.60. The van der Waals surface area contributed by atoms with Crippen LogP contribution in [0.4, 0.5) is 0 Å². The predicted octanol–water partition coefficient (Wildman–Crippen LogP) is 4.34. The highest BCUT2D eigenvalue weighted by atomic mass is 79.9. The predicted molar refractivity (Wildman–Crippen MR) is 136 cm³/mol. The van der Waals surface area contributed by atoms with Crippen LogP contribution in [0.15, 0.2) is 28.7 Å². The summed E-state index contributed by atoms with van der Waals surface area (Å²) in [6, 6.07) is 6.19. The van der Waals surface area contributed by atoms with Gasteiger partial charge in [-0.1, -0.05) is 64.0 Å². The van der Waals surface area contributed by atoms with E-state index in [1.165, 1.54) is 32.1 Å². The number of rotatable bonds is 12. The Bertz CT molecular complexity index is 821. The third-order valence-corrected chi connectivity index (χ3v) is 6.58. The molecule has 1 aromatic rings. The number of unbranched alkanes of at least 4 members (excludes halogenated alkanes) is 7. The van der Waals surface area contributed by atoms with Crippen molar-refractivity contribution in [3.8, 4) is 0 Å². The van der Waals surface area contributed by atoms with E-state index >= 15 is 0 Å². The smallest absolute Gasteiger partial charge is 0.308 e. The zero-order valence-corrected chi connectivity index (χ0v) is 21.6. The summed E-state index contributed by atoms with van der Waals surface area (Å²) in [6.07, 6.45) is 9.18. The highest BCUT2D eigenvalue weighted by molar-refractivity contribution is 9.10. The molecule has 2 amide bonds. The second-order valence-corrected chi connectivity index (χ2v) is 9.38. The molecule has 1 aromatic carbocycles. The lowest BCUT2D eigenvalue weighted by atomic mass is 10.1. The van der Waals surface area contributed by atoms with Crippen molar-refractivity contribution >= 4 is 51.0 Å². The molecule has 9 heteroatoms. The fourth-order valence-electron chi connectivity index (χ4n) is 3.68. The zero-order chi connectivity index (χ0) is 24.1. The molecule has 2 N–H and O–H groups in total. The van der Waals surface area contributed by atoms with E-state index in [1.807, 2.05) is 6.07 Å². The Morgan fingerprint density at radius 1 is 1.15 bits per heavy atom. The second-order valence-electron chi connectivity index (χ2n) is 8.14. The molecule has 1 atom stereocenters. The molecule has 1 aliphatic heterocycles. The molecular formula is C24H34BrN3O4S. The Morgan fingerprint density at radius 2 is 1.82 bits per heavy atom. The average Bonchev–Trinajstić information content (AvgIpc) is 2.79. The van der Waals surface area contributed by atoms with Gasteiger partial charge < -0.3 is 15.0 Å². The fourth-order valence-corrected chi connectivity index (χ4v) is 4.46. The number of carbonyl (C=O) groups is 3. The minimum absolute atomic E-state index is 0.117. The van der Waals surface area contributed by atoms with E-state index in [-0.39, 0.29) is 23.3 Å². The summed E-state index contributed by atoms with van der Waals surface area (Å²) in [4.78, 5) is 39.0. The second kappa shape index (κ2) is 15.0. The summed E-state index contributed by atoms with van der Waals surface area (Å²) in [5, 5.41) is 5.54. The van der Waals surface area contributed by atoms with Gasteiger partial charge in [-0.25, -0.2) is 0 Å². The normalized spacial score (nSPS) is 15.6. The van der Waals surface area contributed by atoms with Gasteiger partial charge in [0.15, 0.2) is 5.11 Å². The molecule has 1 unspecified atom stereocenters. The van der Waals surface area contributed by atoms with Gasteiger partial charge in [0, 0.05) is 17.6 Å². The molecule has 7 nitrogen and oxygen atoms in total. The van der Waals surface area contributed by atoms with Gasteiger partial charge >= 0.3 is 5.97 Å². The van der Waals surface area contributed by atoms with E-state index in [2.05, 4.69) is 33.5 Å². The topological polar surface area (TPSA) is 87.7 Å². The third kappa shape index (κ3) is 9.41. The van der Waals surface area contributed by atoms with E-state index in [1.54, 1.807) is 23.1 Å². The number of nitrogens with one attached hydrogen (secondary N) is 2. The maximum Gasteiger partial charge on any atom is 0.308 e. The molecule has 1 saturated heterocycles. The summed E-state index contributed by atoms with van der Waals surface area (Å²) in [6.45, 7) is 3.34. The van der Waals surface area contributed by atoms with E-state index < -0.39 is 12.0 Å². The number of amides is 2. The lowest BCUT2D eigenvalue weighted by molar-refractivity contribution is -0.147. The van der Waals surface area contributed by atoms with Gasteiger partial charge in [-0.15, -0.1) is 0 Å². The van der Waals surface area contributed by atoms with Crippen molar-refractivity contribution in [2.24, 2.45) is 0 Å². The summed E-state index contributed by atoms with van der Waals surface area (Å²) < 4.78 is 5.99. The standard InChI is InChI=1S/C24H34BrN3O4S/c1-2-3-4-5-6-7-8-11-16-32-21(29)17-20-23(31)26-14-15-28(20)24(33)27-22(30)18-12-9-10-13-19(18)25/h9-10,12-13,20H,2-8,11,14-17H2,1H3,(H,26,31)(H,27,30,33). The Balaban J connectivity index is 1.78. The molecule has 182 valence electrons. The van der Waals surface area contributed by atoms with Crippen LogP contribution in [0.2, 0.25) is 0 Å². The number of nitrogens with zero attached hydrogens (tertiary/aromatic N) is 1. The SMILES string of the molecule is CCCCCCCCCCOC(=O)CC1C(=O)NCCN1C(=S)NC(=O)c1ccccc1Br. The van der Waals surface area contributed by atoms with Gasteiger partial charge in [-0.3, -0.25) is 19.7 Å². The monoisotopic (exact) mass is 539 g/mol. The molecule has 0 saturated carbocycles. The van der Waals surface area contributed by atoms with Crippen molar-refractivity contribution in [3.63, 3.8) is 0 Å². The maximum atomic E-state index is 12.6. The maximum absolute atomic E-state index is 12.6. The van der Waals surface area contributed by atoms with Gasteiger partial charge in [0.05, 0.1) is 18.6 Å². The molecular weight excluding hydrogens is 506 g/mol. The van der Waals surface area contributed by atoms with Gasteiger partial charge in [-0.05, 0) is 46.7 Å². The van der Waals surface area contributed by atoms with Crippen molar-refractivity contribution in [1.29, 1.82) is 0 Å². The molecule has 0 spiro atoms. The number of piperazine rings is 1. The molecule has 0 aliphatic carbocycles. The number of thiocarbonyl (C=S) groups is 1. The fraction of sp³-hybridized carbons (Fsp3) is 0.583. The van der Waals surface area contributed by atoms with E-state index in [4.69, 9.17) is 17.0 Å². The number of ether oxygens (including phenoxy) is 1. The minimum Gasteiger partial charge on any atom is -0.466 e. The number of halogens is 1. The average molecular weight is 541 g/mol. The third-order valence-electron chi connectivity index (χ3n) is 5.55. The summed E-state index contributed by atoms with van der Waals surface area (Å²) in [5.41, 5.74) is 0.433. The van der Waals surface area contributed by atoms with E-state index in [0.29, 0.717) is 29.7 Å². The van der Waals surface area contributed by atoms with Crippen LogP contribution in [-0.4, -0.2) is 53.5 Å². The van der Waals surface area contributed by atoms with E-state index in [9.17, 15) is 14.4 Å². The molecule has 0 bridgehead atoms. The summed E-state index contributed by atoms with van der Waals surface area (Å²) >= 11 is 8.74. The highest BCUT2D eigenvalue weighted by Gasteiger charge is 2.34. The Morgan fingerprint density at radius 3 is 2.52 bits per heavy atom. The summed E-state index contributed by atoms with van der Waals surface area (Å²) in [5.74, 6) is -1.12. The van der Waals surface area contributed by atoms with Crippen LogP contribution < -0.4 is 10.6 Å². The highest BCUT2D eigenvalue weighted by Crippen LogP contribution is 2.17. The first-order valence-corrected chi connectivity index (χ1v) is 12.9.